The van der Waals surface area contributed by atoms with Crippen LogP contribution in [0.5, 0.6) is 0 Å². The van der Waals surface area contributed by atoms with Crippen molar-refractivity contribution in [2.45, 2.75) is 4.90 Å². The van der Waals surface area contributed by atoms with E-state index < -0.39 is 15.8 Å². The number of amides is 1. The van der Waals surface area contributed by atoms with Crippen LogP contribution in [0.3, 0.4) is 0 Å². The molecule has 0 spiro atoms. The molecular weight excluding hydrogens is 421 g/mol. The Morgan fingerprint density at radius 2 is 1.86 bits per heavy atom. The summed E-state index contributed by atoms with van der Waals surface area (Å²) in [6.07, 6.45) is 0. The molecule has 6 nitrogen and oxygen atoms in total. The third-order valence-electron chi connectivity index (χ3n) is 4.41. The number of hydrogen-bond donors (Lipinski definition) is 0. The zero-order chi connectivity index (χ0) is 19.7. The molecule has 0 N–H and O–H groups in total. The van der Waals surface area contributed by atoms with E-state index in [1.54, 1.807) is 21.6 Å². The van der Waals surface area contributed by atoms with E-state index in [2.05, 4.69) is 4.98 Å². The van der Waals surface area contributed by atoms with E-state index in [1.807, 2.05) is 17.5 Å². The maximum atomic E-state index is 13.4. The van der Waals surface area contributed by atoms with Crippen LogP contribution in [-0.2, 0) is 10.0 Å². The number of carbonyl (C=O) groups excluding carboxylic acids is 1. The summed E-state index contributed by atoms with van der Waals surface area (Å²) in [6.45, 7) is 0.845. The van der Waals surface area contributed by atoms with Crippen molar-refractivity contribution in [2.75, 3.05) is 26.2 Å². The van der Waals surface area contributed by atoms with Gasteiger partial charge in [-0.15, -0.1) is 22.7 Å². The molecule has 1 amide bonds. The van der Waals surface area contributed by atoms with Crippen LogP contribution in [0.15, 0.2) is 52.1 Å². The first kappa shape index (κ1) is 19.2. The fraction of sp³-hybridized carbons (Fsp3) is 0.222. The van der Waals surface area contributed by atoms with Crippen LogP contribution in [0.4, 0.5) is 4.39 Å². The Morgan fingerprint density at radius 3 is 2.54 bits per heavy atom. The van der Waals surface area contributed by atoms with E-state index in [0.717, 1.165) is 16.0 Å². The van der Waals surface area contributed by atoms with Gasteiger partial charge in [0.1, 0.15) is 16.5 Å². The second-order valence-corrected chi connectivity index (χ2v) is 9.91. The smallest absolute Gasteiger partial charge is 0.273 e. The van der Waals surface area contributed by atoms with Crippen LogP contribution in [0.1, 0.15) is 10.5 Å². The number of aromatic nitrogens is 1. The van der Waals surface area contributed by atoms with Gasteiger partial charge in [-0.2, -0.15) is 4.31 Å². The number of nitrogens with zero attached hydrogens (tertiary/aromatic N) is 3. The van der Waals surface area contributed by atoms with Gasteiger partial charge in [0, 0.05) is 31.6 Å². The number of rotatable bonds is 4. The van der Waals surface area contributed by atoms with Crippen molar-refractivity contribution in [2.24, 2.45) is 0 Å². The first-order valence-electron chi connectivity index (χ1n) is 8.49. The summed E-state index contributed by atoms with van der Waals surface area (Å²) in [4.78, 5) is 19.7. The minimum atomic E-state index is -3.78. The first-order valence-corrected chi connectivity index (χ1v) is 11.7. The molecule has 1 saturated heterocycles. The van der Waals surface area contributed by atoms with Crippen LogP contribution < -0.4 is 0 Å². The van der Waals surface area contributed by atoms with Gasteiger partial charge < -0.3 is 4.90 Å². The molecule has 10 heteroatoms. The van der Waals surface area contributed by atoms with E-state index in [0.29, 0.717) is 5.69 Å². The van der Waals surface area contributed by atoms with Crippen molar-refractivity contribution in [1.29, 1.82) is 0 Å². The molecule has 1 aliphatic heterocycles. The average molecular weight is 438 g/mol. The maximum Gasteiger partial charge on any atom is 0.273 e. The van der Waals surface area contributed by atoms with Crippen LogP contribution in [0.25, 0.3) is 9.88 Å². The lowest BCUT2D eigenvalue weighted by atomic mass is 10.3. The highest BCUT2D eigenvalue weighted by molar-refractivity contribution is 7.89. The van der Waals surface area contributed by atoms with Gasteiger partial charge >= 0.3 is 0 Å². The quantitative estimate of drug-likeness (QED) is 0.629. The molecule has 4 rings (SSSR count). The Labute approximate surface area is 169 Å². The van der Waals surface area contributed by atoms with Gasteiger partial charge in [-0.3, -0.25) is 4.79 Å². The highest BCUT2D eigenvalue weighted by atomic mass is 32.2. The standard InChI is InChI=1S/C18H16FN3O3S3/c19-13-3-1-4-14(11-13)28(24,25)22-8-6-21(7-9-22)18(23)15-12-27-17(20-15)16-5-2-10-26-16/h1-5,10-12H,6-9H2. The van der Waals surface area contributed by atoms with Crippen molar-refractivity contribution in [3.8, 4) is 9.88 Å². The molecule has 3 heterocycles. The maximum absolute atomic E-state index is 13.4. The summed E-state index contributed by atoms with van der Waals surface area (Å²) in [5.41, 5.74) is 0.370. The Hall–Kier alpha value is -2.14. The van der Waals surface area contributed by atoms with E-state index in [1.165, 1.54) is 33.8 Å². The van der Waals surface area contributed by atoms with E-state index in [4.69, 9.17) is 0 Å². The molecule has 28 heavy (non-hydrogen) atoms. The molecule has 1 aromatic carbocycles. The molecule has 146 valence electrons. The van der Waals surface area contributed by atoms with Gasteiger partial charge in [-0.25, -0.2) is 17.8 Å². The van der Waals surface area contributed by atoms with E-state index in [-0.39, 0.29) is 37.0 Å². The van der Waals surface area contributed by atoms with Crippen molar-refractivity contribution < 1.29 is 17.6 Å². The highest BCUT2D eigenvalue weighted by Gasteiger charge is 2.31. The fourth-order valence-corrected chi connectivity index (χ4v) is 6.02. The van der Waals surface area contributed by atoms with Gasteiger partial charge in [0.15, 0.2) is 0 Å². The minimum Gasteiger partial charge on any atom is -0.335 e. The number of thiazole rings is 1. The summed E-state index contributed by atoms with van der Waals surface area (Å²) < 4.78 is 40.0. The van der Waals surface area contributed by atoms with Crippen LogP contribution >= 0.6 is 22.7 Å². The largest absolute Gasteiger partial charge is 0.335 e. The molecule has 0 bridgehead atoms. The number of benzene rings is 1. The molecule has 1 fully saturated rings. The summed E-state index contributed by atoms with van der Waals surface area (Å²) >= 11 is 2.97. The fourth-order valence-electron chi connectivity index (χ4n) is 2.96. The van der Waals surface area contributed by atoms with E-state index in [9.17, 15) is 17.6 Å². The topological polar surface area (TPSA) is 70.6 Å². The molecule has 3 aromatic rings. The predicted octanol–water partition coefficient (Wildman–Crippen LogP) is 3.16. The monoisotopic (exact) mass is 437 g/mol. The predicted molar refractivity (Wildman–Crippen MR) is 106 cm³/mol. The zero-order valence-electron chi connectivity index (χ0n) is 14.6. The third kappa shape index (κ3) is 3.72. The molecule has 0 aliphatic carbocycles. The molecule has 1 aliphatic rings. The van der Waals surface area contributed by atoms with E-state index >= 15 is 0 Å². The summed E-state index contributed by atoms with van der Waals surface area (Å²) in [7, 11) is -3.78. The molecule has 0 unspecified atom stereocenters. The van der Waals surface area contributed by atoms with Gasteiger partial charge in [0.25, 0.3) is 5.91 Å². The van der Waals surface area contributed by atoms with Crippen LogP contribution in [0.2, 0.25) is 0 Å². The first-order chi connectivity index (χ1) is 13.4. The number of carbonyl (C=O) groups is 1. The van der Waals surface area contributed by atoms with Crippen LogP contribution in [-0.4, -0.2) is 54.7 Å². The average Bonchev–Trinajstić information content (AvgIpc) is 3.39. The van der Waals surface area contributed by atoms with Crippen molar-refractivity contribution in [3.63, 3.8) is 0 Å². The lowest BCUT2D eigenvalue weighted by molar-refractivity contribution is 0.0693. The lowest BCUT2D eigenvalue weighted by Gasteiger charge is -2.33. The zero-order valence-corrected chi connectivity index (χ0v) is 17.1. The Balaban J connectivity index is 1.43. The third-order valence-corrected chi connectivity index (χ3v) is 8.19. The molecular formula is C18H16FN3O3S3. The van der Waals surface area contributed by atoms with Gasteiger partial charge in [0.2, 0.25) is 10.0 Å². The molecule has 0 saturated carbocycles. The van der Waals surface area contributed by atoms with Gasteiger partial charge in [-0.05, 0) is 29.6 Å². The Morgan fingerprint density at radius 1 is 1.07 bits per heavy atom. The SMILES string of the molecule is O=C(c1csc(-c2cccs2)n1)N1CCN(S(=O)(=O)c2cccc(F)c2)CC1. The Kier molecular flexibility index (Phi) is 5.28. The van der Waals surface area contributed by atoms with Crippen molar-refractivity contribution in [1.82, 2.24) is 14.2 Å². The highest BCUT2D eigenvalue weighted by Crippen LogP contribution is 2.28. The number of halogens is 1. The molecule has 2 aromatic heterocycles. The summed E-state index contributed by atoms with van der Waals surface area (Å²) in [6, 6.07) is 8.84. The van der Waals surface area contributed by atoms with Gasteiger partial charge in [0.05, 0.1) is 9.77 Å². The van der Waals surface area contributed by atoms with Gasteiger partial charge in [-0.1, -0.05) is 12.1 Å². The molecule has 0 atom stereocenters. The summed E-state index contributed by atoms with van der Waals surface area (Å²) in [5.74, 6) is -0.804. The minimum absolute atomic E-state index is 0.0765. The normalized spacial score (nSPS) is 15.7. The van der Waals surface area contributed by atoms with Crippen molar-refractivity contribution >= 4 is 38.6 Å². The second kappa shape index (κ2) is 7.70. The molecule has 0 radical (unpaired) electrons. The number of sulfonamides is 1. The summed E-state index contributed by atoms with van der Waals surface area (Å²) in [5, 5.41) is 4.48. The number of hydrogen-bond acceptors (Lipinski definition) is 6. The lowest BCUT2D eigenvalue weighted by Crippen LogP contribution is -2.50. The van der Waals surface area contributed by atoms with Crippen molar-refractivity contribution in [3.05, 3.63) is 58.7 Å². The Bertz CT molecular complexity index is 1090. The second-order valence-electron chi connectivity index (χ2n) is 6.17. The van der Waals surface area contributed by atoms with Crippen LogP contribution in [0, 0.1) is 5.82 Å². The number of thiophene rings is 1. The number of piperazine rings is 1.